The smallest absolute Gasteiger partial charge is 0.0961 e. The molecule has 2 heteroatoms. The molecular weight excluding hydrogens is 292 g/mol. The van der Waals surface area contributed by atoms with Gasteiger partial charge in [0.1, 0.15) is 0 Å². The van der Waals surface area contributed by atoms with E-state index in [2.05, 4.69) is 83.2 Å². The van der Waals surface area contributed by atoms with Crippen molar-refractivity contribution in [2.75, 3.05) is 0 Å². The zero-order valence-corrected chi connectivity index (χ0v) is 13.8. The number of aryl methyl sites for hydroxylation is 1. The van der Waals surface area contributed by atoms with Gasteiger partial charge in [0.15, 0.2) is 0 Å². The summed E-state index contributed by atoms with van der Waals surface area (Å²) in [6.45, 7) is 3.03. The molecule has 24 heavy (non-hydrogen) atoms. The first-order chi connectivity index (χ1) is 11.8. The number of rotatable bonds is 4. The molecule has 118 valence electrons. The number of nitrogens with zero attached hydrogens (tertiary/aromatic N) is 2. The van der Waals surface area contributed by atoms with E-state index in [1.807, 2.05) is 12.4 Å². The Morgan fingerprint density at radius 2 is 1.62 bits per heavy atom. The largest absolute Gasteiger partial charge is 0.326 e. The Morgan fingerprint density at radius 3 is 2.54 bits per heavy atom. The molecule has 4 rings (SSSR count). The monoisotopic (exact) mass is 312 g/mol. The fourth-order valence-electron chi connectivity index (χ4n) is 3.20. The quantitative estimate of drug-likeness (QED) is 0.519. The first kappa shape index (κ1) is 14.7. The number of hydrogen-bond acceptors (Lipinski definition) is 1. The van der Waals surface area contributed by atoms with Gasteiger partial charge in [0.2, 0.25) is 0 Å². The standard InChI is InChI=1S/C22H20N2/c1-17-7-2-3-10-20(17)14-18-8-6-9-19(13-18)15-24-16-23-21-11-4-5-12-22(21)24/h2-13,16H,14-15H2,1H3. The molecule has 3 aromatic carbocycles. The second-order valence-corrected chi connectivity index (χ2v) is 6.28. The molecule has 1 aromatic heterocycles. The van der Waals surface area contributed by atoms with E-state index in [1.165, 1.54) is 27.8 Å². The van der Waals surface area contributed by atoms with Gasteiger partial charge in [-0.1, -0.05) is 60.7 Å². The normalized spacial score (nSPS) is 11.0. The second-order valence-electron chi connectivity index (χ2n) is 6.28. The van der Waals surface area contributed by atoms with Crippen LogP contribution in [0, 0.1) is 6.92 Å². The van der Waals surface area contributed by atoms with E-state index in [4.69, 9.17) is 0 Å². The van der Waals surface area contributed by atoms with Crippen LogP contribution in [0.2, 0.25) is 0 Å². The van der Waals surface area contributed by atoms with E-state index in [0.29, 0.717) is 0 Å². The van der Waals surface area contributed by atoms with Crippen molar-refractivity contribution in [3.8, 4) is 0 Å². The van der Waals surface area contributed by atoms with E-state index in [1.54, 1.807) is 0 Å². The second kappa shape index (κ2) is 6.32. The summed E-state index contributed by atoms with van der Waals surface area (Å²) in [5, 5.41) is 0. The summed E-state index contributed by atoms with van der Waals surface area (Å²) >= 11 is 0. The van der Waals surface area contributed by atoms with Gasteiger partial charge < -0.3 is 4.57 Å². The lowest BCUT2D eigenvalue weighted by Crippen LogP contribution is -1.99. The van der Waals surface area contributed by atoms with Crippen LogP contribution in [-0.2, 0) is 13.0 Å². The number of imidazole rings is 1. The van der Waals surface area contributed by atoms with E-state index in [9.17, 15) is 0 Å². The first-order valence-corrected chi connectivity index (χ1v) is 8.32. The maximum atomic E-state index is 4.48. The summed E-state index contributed by atoms with van der Waals surface area (Å²) < 4.78 is 2.21. The lowest BCUT2D eigenvalue weighted by Gasteiger charge is -2.09. The highest BCUT2D eigenvalue weighted by Gasteiger charge is 2.04. The van der Waals surface area contributed by atoms with Crippen molar-refractivity contribution in [3.05, 3.63) is 101 Å². The Morgan fingerprint density at radius 1 is 0.833 bits per heavy atom. The highest BCUT2D eigenvalue weighted by atomic mass is 15.0. The molecule has 0 unspecified atom stereocenters. The highest BCUT2D eigenvalue weighted by Crippen LogP contribution is 2.17. The molecule has 0 N–H and O–H groups in total. The molecule has 0 saturated carbocycles. The van der Waals surface area contributed by atoms with Gasteiger partial charge in [-0.05, 0) is 47.7 Å². The summed E-state index contributed by atoms with van der Waals surface area (Å²) in [4.78, 5) is 4.48. The lowest BCUT2D eigenvalue weighted by atomic mass is 9.99. The average Bonchev–Trinajstić information content (AvgIpc) is 3.01. The van der Waals surface area contributed by atoms with Gasteiger partial charge in [-0.15, -0.1) is 0 Å². The Labute approximate surface area is 142 Å². The third-order valence-electron chi connectivity index (χ3n) is 4.53. The van der Waals surface area contributed by atoms with Crippen molar-refractivity contribution >= 4 is 11.0 Å². The minimum absolute atomic E-state index is 0.849. The number of fused-ring (bicyclic) bond motifs is 1. The number of para-hydroxylation sites is 2. The Kier molecular flexibility index (Phi) is 3.87. The predicted octanol–water partition coefficient (Wildman–Crippen LogP) is 4.98. The molecule has 0 aliphatic rings. The molecule has 0 spiro atoms. The van der Waals surface area contributed by atoms with Crippen molar-refractivity contribution in [1.82, 2.24) is 9.55 Å². The van der Waals surface area contributed by atoms with Gasteiger partial charge >= 0.3 is 0 Å². The van der Waals surface area contributed by atoms with E-state index < -0.39 is 0 Å². The zero-order valence-electron chi connectivity index (χ0n) is 13.8. The van der Waals surface area contributed by atoms with Crippen molar-refractivity contribution in [2.24, 2.45) is 0 Å². The molecule has 0 radical (unpaired) electrons. The minimum Gasteiger partial charge on any atom is -0.326 e. The fraction of sp³-hybridized carbons (Fsp3) is 0.136. The summed E-state index contributed by atoms with van der Waals surface area (Å²) in [7, 11) is 0. The van der Waals surface area contributed by atoms with Crippen LogP contribution in [0.5, 0.6) is 0 Å². The third-order valence-corrected chi connectivity index (χ3v) is 4.53. The summed E-state index contributed by atoms with van der Waals surface area (Å²) in [6, 6.07) is 25.7. The van der Waals surface area contributed by atoms with Gasteiger partial charge in [0, 0.05) is 6.54 Å². The first-order valence-electron chi connectivity index (χ1n) is 8.32. The molecule has 0 aliphatic heterocycles. The van der Waals surface area contributed by atoms with Crippen LogP contribution in [0.3, 0.4) is 0 Å². The van der Waals surface area contributed by atoms with Crippen LogP contribution in [0.15, 0.2) is 79.1 Å². The lowest BCUT2D eigenvalue weighted by molar-refractivity contribution is 0.823. The van der Waals surface area contributed by atoms with Gasteiger partial charge in [-0.3, -0.25) is 0 Å². The van der Waals surface area contributed by atoms with Crippen molar-refractivity contribution < 1.29 is 0 Å². The van der Waals surface area contributed by atoms with Crippen molar-refractivity contribution in [3.63, 3.8) is 0 Å². The van der Waals surface area contributed by atoms with E-state index in [-0.39, 0.29) is 0 Å². The Bertz CT molecular complexity index is 982. The number of hydrogen-bond donors (Lipinski definition) is 0. The van der Waals surface area contributed by atoms with Crippen LogP contribution in [0.4, 0.5) is 0 Å². The van der Waals surface area contributed by atoms with Crippen LogP contribution < -0.4 is 0 Å². The Hall–Kier alpha value is -2.87. The van der Waals surface area contributed by atoms with E-state index in [0.717, 1.165) is 18.5 Å². The number of benzene rings is 3. The average molecular weight is 312 g/mol. The van der Waals surface area contributed by atoms with Crippen molar-refractivity contribution in [2.45, 2.75) is 19.9 Å². The Balaban J connectivity index is 1.60. The summed E-state index contributed by atoms with van der Waals surface area (Å²) in [6.07, 6.45) is 2.91. The maximum absolute atomic E-state index is 4.48. The van der Waals surface area contributed by atoms with Crippen LogP contribution in [0.25, 0.3) is 11.0 Å². The molecule has 0 saturated heterocycles. The van der Waals surface area contributed by atoms with Gasteiger partial charge in [-0.25, -0.2) is 4.98 Å². The fourth-order valence-corrected chi connectivity index (χ4v) is 3.20. The number of aromatic nitrogens is 2. The molecule has 0 fully saturated rings. The summed E-state index contributed by atoms with van der Waals surface area (Å²) in [5.41, 5.74) is 7.64. The van der Waals surface area contributed by atoms with Crippen LogP contribution >= 0.6 is 0 Å². The van der Waals surface area contributed by atoms with Gasteiger partial charge in [-0.2, -0.15) is 0 Å². The third kappa shape index (κ3) is 2.95. The molecule has 0 atom stereocenters. The van der Waals surface area contributed by atoms with Gasteiger partial charge in [0.25, 0.3) is 0 Å². The zero-order chi connectivity index (χ0) is 16.4. The van der Waals surface area contributed by atoms with Crippen LogP contribution in [-0.4, -0.2) is 9.55 Å². The molecule has 4 aromatic rings. The minimum atomic E-state index is 0.849. The van der Waals surface area contributed by atoms with Crippen molar-refractivity contribution in [1.29, 1.82) is 0 Å². The maximum Gasteiger partial charge on any atom is 0.0961 e. The molecule has 0 bridgehead atoms. The van der Waals surface area contributed by atoms with Gasteiger partial charge in [0.05, 0.1) is 17.4 Å². The molecule has 1 heterocycles. The topological polar surface area (TPSA) is 17.8 Å². The molecule has 2 nitrogen and oxygen atoms in total. The molecular formula is C22H20N2. The highest BCUT2D eigenvalue weighted by molar-refractivity contribution is 5.75. The van der Waals surface area contributed by atoms with E-state index >= 15 is 0 Å². The SMILES string of the molecule is Cc1ccccc1Cc1cccc(Cn2cnc3ccccc32)c1. The molecule has 0 aliphatic carbocycles. The molecule has 0 amide bonds. The summed E-state index contributed by atoms with van der Waals surface area (Å²) in [5.74, 6) is 0. The van der Waals surface area contributed by atoms with Crippen LogP contribution in [0.1, 0.15) is 22.3 Å². The predicted molar refractivity (Wildman–Crippen MR) is 99.3 cm³/mol.